The van der Waals surface area contributed by atoms with Crippen LogP contribution in [0.25, 0.3) is 0 Å². The van der Waals surface area contributed by atoms with Gasteiger partial charge in [0, 0.05) is 36.7 Å². The molecule has 0 radical (unpaired) electrons. The summed E-state index contributed by atoms with van der Waals surface area (Å²) in [6.07, 6.45) is 7.18. The summed E-state index contributed by atoms with van der Waals surface area (Å²) in [5, 5.41) is 3.40. The molecule has 2 aliphatic rings. The molecule has 206 valence electrons. The summed E-state index contributed by atoms with van der Waals surface area (Å²) < 4.78 is 17.4. The predicted octanol–water partition coefficient (Wildman–Crippen LogP) is 3.80. The van der Waals surface area contributed by atoms with Crippen molar-refractivity contribution in [2.24, 2.45) is 5.92 Å². The molecule has 3 heterocycles. The standard InChI is InChI=1S/C26H43BN4O5S/c1-18(30-23(33)34-24(2,3)4)21(32)31-13-11-19(12-14-31)10-9-15-37-22-28-16-20(17-29-22)27-35-25(5,6)26(7,8)36-27/h16-19H,9-15H2,1-8H3,(H,30,33)/t18-/m1/s1. The molecule has 2 amide bonds. The fraction of sp³-hybridized carbons (Fsp3) is 0.769. The molecule has 1 aromatic heterocycles. The van der Waals surface area contributed by atoms with E-state index in [0.29, 0.717) is 5.92 Å². The Labute approximate surface area is 226 Å². The molecule has 2 fully saturated rings. The maximum Gasteiger partial charge on any atom is 0.498 e. The Hall–Kier alpha value is -1.85. The highest BCUT2D eigenvalue weighted by molar-refractivity contribution is 7.99. The Morgan fingerprint density at radius 2 is 1.73 bits per heavy atom. The Balaban J connectivity index is 1.33. The molecule has 0 aliphatic carbocycles. The van der Waals surface area contributed by atoms with Crippen molar-refractivity contribution in [3.8, 4) is 0 Å². The van der Waals surface area contributed by atoms with Crippen LogP contribution >= 0.6 is 11.8 Å². The van der Waals surface area contributed by atoms with Gasteiger partial charge in [-0.15, -0.1) is 0 Å². The summed E-state index contributed by atoms with van der Waals surface area (Å²) in [7, 11) is -0.446. The number of hydrogen-bond donors (Lipinski definition) is 1. The van der Waals surface area contributed by atoms with E-state index in [1.54, 1.807) is 51.9 Å². The first-order chi connectivity index (χ1) is 17.2. The first kappa shape index (κ1) is 29.7. The Morgan fingerprint density at radius 3 is 2.27 bits per heavy atom. The second-order valence-electron chi connectivity index (χ2n) is 12.0. The normalized spacial score (nSPS) is 20.5. The van der Waals surface area contributed by atoms with Crippen molar-refractivity contribution in [3.63, 3.8) is 0 Å². The number of thioether (sulfide) groups is 1. The molecule has 0 unspecified atom stereocenters. The lowest BCUT2D eigenvalue weighted by molar-refractivity contribution is -0.134. The zero-order valence-corrected chi connectivity index (χ0v) is 24.4. The summed E-state index contributed by atoms with van der Waals surface area (Å²) >= 11 is 1.66. The highest BCUT2D eigenvalue weighted by Crippen LogP contribution is 2.36. The second kappa shape index (κ2) is 11.9. The topological polar surface area (TPSA) is 103 Å². The molecule has 0 aromatic carbocycles. The Morgan fingerprint density at radius 1 is 1.16 bits per heavy atom. The lowest BCUT2D eigenvalue weighted by Crippen LogP contribution is -2.50. The summed E-state index contributed by atoms with van der Waals surface area (Å²) in [5.41, 5.74) is -0.527. The molecule has 37 heavy (non-hydrogen) atoms. The number of nitrogens with zero attached hydrogens (tertiary/aromatic N) is 3. The van der Waals surface area contributed by atoms with Gasteiger partial charge in [0.2, 0.25) is 5.91 Å². The fourth-order valence-corrected chi connectivity index (χ4v) is 5.05. The molecule has 11 heteroatoms. The van der Waals surface area contributed by atoms with Gasteiger partial charge in [-0.3, -0.25) is 4.79 Å². The van der Waals surface area contributed by atoms with Gasteiger partial charge >= 0.3 is 13.2 Å². The van der Waals surface area contributed by atoms with Gasteiger partial charge in [0.15, 0.2) is 5.16 Å². The van der Waals surface area contributed by atoms with E-state index in [0.717, 1.165) is 55.1 Å². The van der Waals surface area contributed by atoms with Crippen LogP contribution < -0.4 is 10.8 Å². The molecule has 3 rings (SSSR count). The van der Waals surface area contributed by atoms with Gasteiger partial charge in [0.1, 0.15) is 11.6 Å². The number of piperidine rings is 1. The third kappa shape index (κ3) is 8.32. The fourth-order valence-electron chi connectivity index (χ4n) is 4.30. The van der Waals surface area contributed by atoms with Crippen LogP contribution in [0.5, 0.6) is 0 Å². The minimum absolute atomic E-state index is 0.0546. The maximum atomic E-state index is 12.7. The maximum absolute atomic E-state index is 12.7. The molecule has 1 atom stereocenters. The van der Waals surface area contributed by atoms with Crippen LogP contribution in [0.15, 0.2) is 17.6 Å². The molecular formula is C26H43BN4O5S. The predicted molar refractivity (Wildman–Crippen MR) is 146 cm³/mol. The average Bonchev–Trinajstić information content (AvgIpc) is 3.02. The van der Waals surface area contributed by atoms with Crippen molar-refractivity contribution >= 4 is 36.3 Å². The van der Waals surface area contributed by atoms with Gasteiger partial charge in [-0.25, -0.2) is 14.8 Å². The lowest BCUT2D eigenvalue weighted by atomic mass is 9.81. The number of alkyl carbamates (subject to hydrolysis) is 1. The van der Waals surface area contributed by atoms with Gasteiger partial charge in [-0.05, 0) is 87.0 Å². The molecule has 0 bridgehead atoms. The van der Waals surface area contributed by atoms with Gasteiger partial charge in [-0.2, -0.15) is 0 Å². The Kier molecular flexibility index (Phi) is 9.56. The molecular weight excluding hydrogens is 491 g/mol. The van der Waals surface area contributed by atoms with Crippen LogP contribution in [0, 0.1) is 5.92 Å². The van der Waals surface area contributed by atoms with E-state index in [4.69, 9.17) is 14.0 Å². The average molecular weight is 535 g/mol. The molecule has 0 spiro atoms. The van der Waals surface area contributed by atoms with Gasteiger partial charge in [0.25, 0.3) is 0 Å². The number of aromatic nitrogens is 2. The highest BCUT2D eigenvalue weighted by atomic mass is 32.2. The van der Waals surface area contributed by atoms with Gasteiger partial charge < -0.3 is 24.3 Å². The summed E-state index contributed by atoms with van der Waals surface area (Å²) in [5.74, 6) is 1.50. The third-order valence-electron chi connectivity index (χ3n) is 7.19. The first-order valence-electron chi connectivity index (χ1n) is 13.3. The lowest BCUT2D eigenvalue weighted by Gasteiger charge is -2.34. The van der Waals surface area contributed by atoms with Crippen molar-refractivity contribution < 1.29 is 23.6 Å². The van der Waals surface area contributed by atoms with E-state index in [1.165, 1.54) is 0 Å². The number of nitrogens with one attached hydrogen (secondary N) is 1. The number of carbonyl (C=O) groups is 2. The van der Waals surface area contributed by atoms with Gasteiger partial charge in [0.05, 0.1) is 11.2 Å². The monoisotopic (exact) mass is 534 g/mol. The van der Waals surface area contributed by atoms with E-state index in [9.17, 15) is 9.59 Å². The van der Waals surface area contributed by atoms with Crippen LogP contribution in [0.1, 0.15) is 81.1 Å². The molecule has 1 aromatic rings. The summed E-state index contributed by atoms with van der Waals surface area (Å²) in [6.45, 7) is 16.7. The zero-order valence-electron chi connectivity index (χ0n) is 23.6. The van der Waals surface area contributed by atoms with Crippen LogP contribution in [-0.4, -0.2) is 75.7 Å². The summed E-state index contributed by atoms with van der Waals surface area (Å²) in [4.78, 5) is 35.5. The molecule has 2 aliphatic heterocycles. The van der Waals surface area contributed by atoms with E-state index in [2.05, 4.69) is 15.3 Å². The SMILES string of the molecule is C[C@@H](NC(=O)OC(C)(C)C)C(=O)N1CCC(CCCSc2ncc(B3OC(C)(C)C(C)(C)O3)cn2)CC1. The van der Waals surface area contributed by atoms with E-state index < -0.39 is 24.9 Å². The second-order valence-corrected chi connectivity index (χ2v) is 13.1. The first-order valence-corrected chi connectivity index (χ1v) is 14.2. The van der Waals surface area contributed by atoms with E-state index >= 15 is 0 Å². The van der Waals surface area contributed by atoms with Crippen molar-refractivity contribution in [2.75, 3.05) is 18.8 Å². The van der Waals surface area contributed by atoms with Crippen molar-refractivity contribution in [3.05, 3.63) is 12.4 Å². The van der Waals surface area contributed by atoms with Crippen LogP contribution in [0.3, 0.4) is 0 Å². The zero-order chi connectivity index (χ0) is 27.4. The number of likely N-dealkylation sites (tertiary alicyclic amines) is 1. The number of rotatable bonds is 8. The number of hydrogen-bond acceptors (Lipinski definition) is 8. The van der Waals surface area contributed by atoms with E-state index in [-0.39, 0.29) is 17.1 Å². The highest BCUT2D eigenvalue weighted by Gasteiger charge is 2.52. The van der Waals surface area contributed by atoms with Crippen molar-refractivity contribution in [1.29, 1.82) is 0 Å². The molecule has 2 saturated heterocycles. The quantitative estimate of drug-likeness (QED) is 0.233. The summed E-state index contributed by atoms with van der Waals surface area (Å²) in [6, 6.07) is -0.598. The van der Waals surface area contributed by atoms with Crippen LogP contribution in [-0.2, 0) is 18.8 Å². The van der Waals surface area contributed by atoms with Crippen molar-refractivity contribution in [1.82, 2.24) is 20.2 Å². The third-order valence-corrected chi connectivity index (χ3v) is 8.15. The molecule has 0 saturated carbocycles. The van der Waals surface area contributed by atoms with Crippen molar-refractivity contribution in [2.45, 2.75) is 109 Å². The van der Waals surface area contributed by atoms with E-state index in [1.807, 2.05) is 32.6 Å². The number of amides is 2. The van der Waals surface area contributed by atoms with Crippen LogP contribution in [0.4, 0.5) is 4.79 Å². The number of carbonyl (C=O) groups excluding carboxylic acids is 2. The van der Waals surface area contributed by atoms with Gasteiger partial charge in [-0.1, -0.05) is 11.8 Å². The largest absolute Gasteiger partial charge is 0.498 e. The Bertz CT molecular complexity index is 914. The minimum atomic E-state index is -0.598. The van der Waals surface area contributed by atoms with Crippen LogP contribution in [0.2, 0.25) is 0 Å². The molecule has 1 N–H and O–H groups in total. The minimum Gasteiger partial charge on any atom is -0.444 e. The smallest absolute Gasteiger partial charge is 0.444 e. The number of ether oxygens (including phenoxy) is 1. The molecule has 9 nitrogen and oxygen atoms in total.